The molecule has 1 aliphatic carbocycles. The van der Waals surface area contributed by atoms with Gasteiger partial charge in [0.2, 0.25) is 5.88 Å². The van der Waals surface area contributed by atoms with E-state index in [1.165, 1.54) is 12.4 Å². The predicted molar refractivity (Wildman–Crippen MR) is 111 cm³/mol. The lowest BCUT2D eigenvalue weighted by Crippen LogP contribution is -2.04. The summed E-state index contributed by atoms with van der Waals surface area (Å²) >= 11 is 0. The number of hydrogen-bond donors (Lipinski definition) is 2. The van der Waals surface area contributed by atoms with Crippen molar-refractivity contribution >= 4 is 22.1 Å². The fraction of sp³-hybridized carbons (Fsp3) is 0.174. The Hall–Kier alpha value is -4.08. The Kier molecular flexibility index (Phi) is 3.50. The number of benzene rings is 2. The maximum atomic E-state index is 13.0. The average Bonchev–Trinajstić information content (AvgIpc) is 3.18. The molecule has 2 aromatic carbocycles. The molecule has 2 N–H and O–H groups in total. The summed E-state index contributed by atoms with van der Waals surface area (Å²) in [4.78, 5) is 19.0. The van der Waals surface area contributed by atoms with Crippen LogP contribution in [0.2, 0.25) is 0 Å². The maximum Gasteiger partial charge on any atom is 0.416 e. The standard InChI is InChI=1S/C23H14F3N5O2/c24-23(25,26)10-1-3-14-15(7-10)31-21(30-14)18-17-13-8-11(2-4-16(13)33-19(17)18)32-22-12-5-6-27-20(12)28-9-29-22/h1-9,17-19H,(H,30,31)(H,27,28,29). The summed E-state index contributed by atoms with van der Waals surface area (Å²) in [5.74, 6) is 2.47. The van der Waals surface area contributed by atoms with Gasteiger partial charge in [0, 0.05) is 17.7 Å². The van der Waals surface area contributed by atoms with E-state index in [-0.39, 0.29) is 17.9 Å². The van der Waals surface area contributed by atoms with E-state index in [2.05, 4.69) is 24.9 Å². The van der Waals surface area contributed by atoms with Crippen LogP contribution in [0, 0.1) is 0 Å². The Labute approximate surface area is 183 Å². The molecule has 7 nitrogen and oxygen atoms in total. The van der Waals surface area contributed by atoms with Crippen LogP contribution in [0.3, 0.4) is 0 Å². The lowest BCUT2D eigenvalue weighted by atomic mass is 10.1. The minimum Gasteiger partial charge on any atom is -0.489 e. The van der Waals surface area contributed by atoms with Crippen LogP contribution in [0.15, 0.2) is 55.0 Å². The number of ether oxygens (including phenoxy) is 2. The van der Waals surface area contributed by atoms with Gasteiger partial charge in [-0.05, 0) is 42.5 Å². The summed E-state index contributed by atoms with van der Waals surface area (Å²) in [6, 6.07) is 11.0. The van der Waals surface area contributed by atoms with Crippen LogP contribution in [-0.4, -0.2) is 31.0 Å². The molecule has 33 heavy (non-hydrogen) atoms. The van der Waals surface area contributed by atoms with Crippen LogP contribution < -0.4 is 9.47 Å². The molecule has 1 fully saturated rings. The summed E-state index contributed by atoms with van der Waals surface area (Å²) in [5.41, 5.74) is 1.83. The smallest absolute Gasteiger partial charge is 0.416 e. The first kappa shape index (κ1) is 18.5. The molecule has 10 heteroatoms. The van der Waals surface area contributed by atoms with Crippen molar-refractivity contribution in [1.82, 2.24) is 24.9 Å². The van der Waals surface area contributed by atoms with Crippen LogP contribution >= 0.6 is 0 Å². The third-order valence-corrected chi connectivity index (χ3v) is 6.23. The highest BCUT2D eigenvalue weighted by atomic mass is 19.4. The third kappa shape index (κ3) is 2.80. The molecule has 0 spiro atoms. The van der Waals surface area contributed by atoms with E-state index in [4.69, 9.17) is 9.47 Å². The van der Waals surface area contributed by atoms with E-state index in [1.54, 1.807) is 6.20 Å². The van der Waals surface area contributed by atoms with Crippen LogP contribution in [0.5, 0.6) is 17.4 Å². The number of nitrogens with zero attached hydrogens (tertiary/aromatic N) is 3. The molecule has 4 heterocycles. The second-order valence-corrected chi connectivity index (χ2v) is 8.21. The van der Waals surface area contributed by atoms with Crippen molar-refractivity contribution in [3.63, 3.8) is 0 Å². The van der Waals surface area contributed by atoms with Gasteiger partial charge in [-0.15, -0.1) is 0 Å². The molecule has 0 bridgehead atoms. The van der Waals surface area contributed by atoms with Crippen molar-refractivity contribution in [3.8, 4) is 17.4 Å². The van der Waals surface area contributed by atoms with Crippen LogP contribution in [0.4, 0.5) is 13.2 Å². The van der Waals surface area contributed by atoms with Gasteiger partial charge in [0.05, 0.1) is 27.9 Å². The second kappa shape index (κ2) is 6.25. The van der Waals surface area contributed by atoms with Crippen molar-refractivity contribution in [1.29, 1.82) is 0 Å². The molecule has 5 aromatic rings. The lowest BCUT2D eigenvalue weighted by Gasteiger charge is -2.10. The van der Waals surface area contributed by atoms with Crippen molar-refractivity contribution in [2.45, 2.75) is 24.1 Å². The molecule has 0 radical (unpaired) electrons. The Bertz CT molecular complexity index is 1560. The monoisotopic (exact) mass is 449 g/mol. The minimum absolute atomic E-state index is 0.0510. The second-order valence-electron chi connectivity index (χ2n) is 8.21. The SMILES string of the molecule is FC(F)(F)c1ccc2nc(C3C4Oc5ccc(Oc6ncnc7[nH]ccc67)cc5C43)[nH]c2c1. The summed E-state index contributed by atoms with van der Waals surface area (Å²) in [6.45, 7) is 0. The average molecular weight is 449 g/mol. The zero-order valence-corrected chi connectivity index (χ0v) is 16.7. The number of hydrogen-bond acceptors (Lipinski definition) is 5. The molecule has 0 saturated heterocycles. The van der Waals surface area contributed by atoms with Crippen molar-refractivity contribution in [3.05, 3.63) is 71.9 Å². The maximum absolute atomic E-state index is 13.0. The fourth-order valence-corrected chi connectivity index (χ4v) is 4.64. The van der Waals surface area contributed by atoms with Crippen LogP contribution in [-0.2, 0) is 6.18 Å². The van der Waals surface area contributed by atoms with E-state index >= 15 is 0 Å². The van der Waals surface area contributed by atoms with Crippen molar-refractivity contribution in [2.24, 2.45) is 0 Å². The molecule has 1 aliphatic heterocycles. The van der Waals surface area contributed by atoms with Gasteiger partial charge >= 0.3 is 6.18 Å². The van der Waals surface area contributed by atoms with Crippen molar-refractivity contribution < 1.29 is 22.6 Å². The van der Waals surface area contributed by atoms with Crippen LogP contribution in [0.1, 0.15) is 28.8 Å². The highest BCUT2D eigenvalue weighted by Crippen LogP contribution is 2.63. The molecule has 7 rings (SSSR count). The number of imidazole rings is 1. The van der Waals surface area contributed by atoms with Gasteiger partial charge < -0.3 is 19.4 Å². The Morgan fingerprint density at radius 3 is 2.79 bits per heavy atom. The van der Waals surface area contributed by atoms with E-state index in [1.807, 2.05) is 24.3 Å². The topological polar surface area (TPSA) is 88.7 Å². The number of aromatic amines is 2. The molecule has 0 amide bonds. The largest absolute Gasteiger partial charge is 0.489 e. The normalized spacial score (nSPS) is 21.1. The number of H-pyrrole nitrogens is 2. The number of alkyl halides is 3. The van der Waals surface area contributed by atoms with Gasteiger partial charge in [-0.3, -0.25) is 0 Å². The van der Waals surface area contributed by atoms with Gasteiger partial charge in [0.1, 0.15) is 35.4 Å². The fourth-order valence-electron chi connectivity index (χ4n) is 4.64. The molecule has 3 unspecified atom stereocenters. The van der Waals surface area contributed by atoms with Gasteiger partial charge in [0.25, 0.3) is 0 Å². The first-order valence-corrected chi connectivity index (χ1v) is 10.3. The van der Waals surface area contributed by atoms with Gasteiger partial charge in [-0.1, -0.05) is 0 Å². The quantitative estimate of drug-likeness (QED) is 0.391. The minimum atomic E-state index is -4.40. The van der Waals surface area contributed by atoms with E-state index in [0.717, 1.165) is 28.8 Å². The molecule has 3 aromatic heterocycles. The zero-order chi connectivity index (χ0) is 22.3. The first-order chi connectivity index (χ1) is 16.0. The van der Waals surface area contributed by atoms with Crippen molar-refractivity contribution in [2.75, 3.05) is 0 Å². The number of rotatable bonds is 3. The zero-order valence-electron chi connectivity index (χ0n) is 16.7. The van der Waals surface area contributed by atoms with E-state index < -0.39 is 11.7 Å². The number of fused-ring (bicyclic) bond motifs is 5. The molecule has 3 atom stereocenters. The Balaban J connectivity index is 1.18. The molecule has 1 saturated carbocycles. The first-order valence-electron chi connectivity index (χ1n) is 10.3. The summed E-state index contributed by atoms with van der Waals surface area (Å²) in [5, 5.41) is 0.775. The summed E-state index contributed by atoms with van der Waals surface area (Å²) in [7, 11) is 0. The number of nitrogens with one attached hydrogen (secondary N) is 2. The van der Waals surface area contributed by atoms with Gasteiger partial charge in [-0.25, -0.2) is 15.0 Å². The Morgan fingerprint density at radius 2 is 1.91 bits per heavy atom. The highest BCUT2D eigenvalue weighted by molar-refractivity contribution is 5.80. The molecular formula is C23H14F3N5O2. The number of halogens is 3. The van der Waals surface area contributed by atoms with Crippen LogP contribution in [0.25, 0.3) is 22.1 Å². The number of aromatic nitrogens is 5. The van der Waals surface area contributed by atoms with E-state index in [0.29, 0.717) is 34.1 Å². The third-order valence-electron chi connectivity index (χ3n) is 6.23. The molecular weight excluding hydrogens is 435 g/mol. The summed E-state index contributed by atoms with van der Waals surface area (Å²) < 4.78 is 51.2. The summed E-state index contributed by atoms with van der Waals surface area (Å²) in [6.07, 6.45) is -1.30. The molecule has 2 aliphatic rings. The highest BCUT2D eigenvalue weighted by Gasteiger charge is 2.61. The van der Waals surface area contributed by atoms with Gasteiger partial charge in [0.15, 0.2) is 0 Å². The van der Waals surface area contributed by atoms with E-state index in [9.17, 15) is 13.2 Å². The molecule has 164 valence electrons. The lowest BCUT2D eigenvalue weighted by molar-refractivity contribution is -0.137. The Morgan fingerprint density at radius 1 is 1.00 bits per heavy atom. The predicted octanol–water partition coefficient (Wildman–Crippen LogP) is 5.29. The van der Waals surface area contributed by atoms with Gasteiger partial charge in [-0.2, -0.15) is 13.2 Å².